The van der Waals surface area contributed by atoms with Crippen LogP contribution in [-0.4, -0.2) is 37.3 Å². The summed E-state index contributed by atoms with van der Waals surface area (Å²) in [5.74, 6) is 1.22. The van der Waals surface area contributed by atoms with Gasteiger partial charge in [-0.2, -0.15) is 9.97 Å². The Labute approximate surface area is 142 Å². The quantitative estimate of drug-likeness (QED) is 0.930. The lowest BCUT2D eigenvalue weighted by Gasteiger charge is -2.32. The maximum Gasteiger partial charge on any atom is 0.320 e. The van der Waals surface area contributed by atoms with E-state index in [4.69, 9.17) is 15.2 Å². The van der Waals surface area contributed by atoms with Crippen molar-refractivity contribution in [2.24, 2.45) is 0 Å². The van der Waals surface area contributed by atoms with Gasteiger partial charge in [0.1, 0.15) is 11.6 Å². The number of hydrogen-bond donors (Lipinski definition) is 1. The van der Waals surface area contributed by atoms with Crippen molar-refractivity contribution in [1.29, 1.82) is 0 Å². The number of nitrogen functional groups attached to an aromatic ring is 1. The molecule has 6 heteroatoms. The molecular formula is C18H24N4O2. The average molecular weight is 328 g/mol. The minimum Gasteiger partial charge on any atom is -0.467 e. The maximum atomic E-state index is 5.99. The summed E-state index contributed by atoms with van der Waals surface area (Å²) in [5.41, 5.74) is 6.85. The first-order valence-corrected chi connectivity index (χ1v) is 8.21. The van der Waals surface area contributed by atoms with Crippen LogP contribution in [0.4, 0.5) is 11.6 Å². The summed E-state index contributed by atoms with van der Waals surface area (Å²) in [6, 6.07) is 12.5. The van der Waals surface area contributed by atoms with Gasteiger partial charge < -0.3 is 20.1 Å². The van der Waals surface area contributed by atoms with Gasteiger partial charge in [0.2, 0.25) is 0 Å². The third-order valence-corrected chi connectivity index (χ3v) is 4.70. The highest BCUT2D eigenvalue weighted by atomic mass is 16.5. The Morgan fingerprint density at radius 3 is 2.58 bits per heavy atom. The molecule has 0 amide bonds. The number of hydrogen-bond acceptors (Lipinski definition) is 6. The van der Waals surface area contributed by atoms with Crippen molar-refractivity contribution < 1.29 is 9.47 Å². The van der Waals surface area contributed by atoms with Crippen LogP contribution in [0.3, 0.4) is 0 Å². The molecule has 1 saturated heterocycles. The van der Waals surface area contributed by atoms with Gasteiger partial charge in [0.05, 0.1) is 12.7 Å². The molecule has 1 unspecified atom stereocenters. The molecule has 24 heavy (non-hydrogen) atoms. The molecule has 0 aliphatic carbocycles. The number of benzene rings is 1. The van der Waals surface area contributed by atoms with E-state index in [9.17, 15) is 0 Å². The number of aromatic nitrogens is 2. The van der Waals surface area contributed by atoms with Gasteiger partial charge in [0.15, 0.2) is 0 Å². The topological polar surface area (TPSA) is 73.5 Å². The fraction of sp³-hybridized carbons (Fsp3) is 0.444. The van der Waals surface area contributed by atoms with E-state index >= 15 is 0 Å². The smallest absolute Gasteiger partial charge is 0.320 e. The van der Waals surface area contributed by atoms with Crippen molar-refractivity contribution in [3.8, 4) is 6.01 Å². The van der Waals surface area contributed by atoms with Crippen LogP contribution in [0.25, 0.3) is 0 Å². The van der Waals surface area contributed by atoms with Crippen molar-refractivity contribution >= 4 is 11.6 Å². The number of ether oxygens (including phenoxy) is 2. The van der Waals surface area contributed by atoms with Crippen molar-refractivity contribution in [2.45, 2.75) is 24.9 Å². The molecule has 1 aliphatic rings. The fourth-order valence-electron chi connectivity index (χ4n) is 3.37. The molecule has 2 N–H and O–H groups in total. The summed E-state index contributed by atoms with van der Waals surface area (Å²) >= 11 is 0. The summed E-state index contributed by atoms with van der Waals surface area (Å²) in [7, 11) is 3.35. The zero-order valence-electron chi connectivity index (χ0n) is 14.2. The first kappa shape index (κ1) is 16.5. The van der Waals surface area contributed by atoms with Crippen LogP contribution in [0.5, 0.6) is 6.01 Å². The second kappa shape index (κ2) is 7.05. The molecule has 1 aromatic carbocycles. The number of methoxy groups -OCH3 is 2. The molecule has 0 bridgehead atoms. The normalized spacial score (nSPS) is 21.3. The van der Waals surface area contributed by atoms with Crippen molar-refractivity contribution in [1.82, 2.24) is 9.97 Å². The molecule has 2 aromatic rings. The monoisotopic (exact) mass is 328 g/mol. The summed E-state index contributed by atoms with van der Waals surface area (Å²) in [6.45, 7) is 1.74. The van der Waals surface area contributed by atoms with E-state index in [1.54, 1.807) is 20.3 Å². The van der Waals surface area contributed by atoms with Gasteiger partial charge in [-0.1, -0.05) is 30.3 Å². The van der Waals surface area contributed by atoms with Gasteiger partial charge in [0, 0.05) is 26.3 Å². The molecule has 0 radical (unpaired) electrons. The summed E-state index contributed by atoms with van der Waals surface area (Å²) in [4.78, 5) is 10.7. The average Bonchev–Trinajstić information content (AvgIpc) is 2.85. The highest BCUT2D eigenvalue weighted by Crippen LogP contribution is 2.37. The summed E-state index contributed by atoms with van der Waals surface area (Å²) < 4.78 is 11.1. The van der Waals surface area contributed by atoms with Crippen LogP contribution >= 0.6 is 0 Å². The number of nitrogens with zero attached hydrogens (tertiary/aromatic N) is 3. The molecule has 0 spiro atoms. The second-order valence-corrected chi connectivity index (χ2v) is 6.04. The third kappa shape index (κ3) is 3.28. The van der Waals surface area contributed by atoms with Gasteiger partial charge in [-0.3, -0.25) is 0 Å². The van der Waals surface area contributed by atoms with Crippen molar-refractivity contribution in [2.75, 3.05) is 37.9 Å². The second-order valence-electron chi connectivity index (χ2n) is 6.04. The zero-order valence-corrected chi connectivity index (χ0v) is 14.2. The van der Waals surface area contributed by atoms with Crippen LogP contribution < -0.4 is 15.4 Å². The SMILES string of the molecule is COc1nc(N)cc(N2CCCC(OC)(c3ccccc3)CC2)n1. The molecule has 1 atom stereocenters. The first-order valence-electron chi connectivity index (χ1n) is 8.21. The molecule has 3 rings (SSSR count). The van der Waals surface area contributed by atoms with E-state index < -0.39 is 0 Å². The predicted octanol–water partition coefficient (Wildman–Crippen LogP) is 2.60. The fourth-order valence-corrected chi connectivity index (χ4v) is 3.37. The minimum absolute atomic E-state index is 0.251. The van der Waals surface area contributed by atoms with E-state index in [-0.39, 0.29) is 5.60 Å². The Kier molecular flexibility index (Phi) is 4.85. The number of rotatable bonds is 4. The molecule has 1 aromatic heterocycles. The van der Waals surface area contributed by atoms with Gasteiger partial charge in [-0.25, -0.2) is 0 Å². The largest absolute Gasteiger partial charge is 0.467 e. The highest BCUT2D eigenvalue weighted by Gasteiger charge is 2.34. The standard InChI is InChI=1S/C18H24N4O2/c1-23-17-20-15(19)13-16(21-17)22-11-6-9-18(24-2,10-12-22)14-7-4-3-5-8-14/h3-5,7-8,13H,6,9-12H2,1-2H3,(H2,19,20,21). The van der Waals surface area contributed by atoms with Gasteiger partial charge in [-0.05, 0) is 24.8 Å². The number of anilines is 2. The van der Waals surface area contributed by atoms with Gasteiger partial charge >= 0.3 is 6.01 Å². The first-order chi connectivity index (χ1) is 11.7. The number of nitrogens with two attached hydrogens (primary N) is 1. The summed E-state index contributed by atoms with van der Waals surface area (Å²) in [5, 5.41) is 0. The Bertz CT molecular complexity index is 680. The molecule has 1 aliphatic heterocycles. The van der Waals surface area contributed by atoms with E-state index in [1.807, 2.05) is 6.07 Å². The Morgan fingerprint density at radius 2 is 1.88 bits per heavy atom. The molecule has 0 saturated carbocycles. The van der Waals surface area contributed by atoms with Crippen molar-refractivity contribution in [3.05, 3.63) is 42.0 Å². The Hall–Kier alpha value is -2.34. The lowest BCUT2D eigenvalue weighted by atomic mass is 9.86. The van der Waals surface area contributed by atoms with E-state index in [0.29, 0.717) is 11.8 Å². The minimum atomic E-state index is -0.251. The predicted molar refractivity (Wildman–Crippen MR) is 94.2 cm³/mol. The molecule has 2 heterocycles. The van der Waals surface area contributed by atoms with Crippen molar-refractivity contribution in [3.63, 3.8) is 0 Å². The Morgan fingerprint density at radius 1 is 1.08 bits per heavy atom. The van der Waals surface area contributed by atoms with Crippen LogP contribution in [0.15, 0.2) is 36.4 Å². The molecule has 1 fully saturated rings. The highest BCUT2D eigenvalue weighted by molar-refractivity contribution is 5.48. The van der Waals surface area contributed by atoms with E-state index in [1.165, 1.54) is 5.56 Å². The van der Waals surface area contributed by atoms with Crippen LogP contribution in [0, 0.1) is 0 Å². The molecular weight excluding hydrogens is 304 g/mol. The van der Waals surface area contributed by atoms with Gasteiger partial charge in [-0.15, -0.1) is 0 Å². The maximum absolute atomic E-state index is 5.99. The lowest BCUT2D eigenvalue weighted by molar-refractivity contribution is -0.0248. The van der Waals surface area contributed by atoms with E-state index in [0.717, 1.165) is 38.2 Å². The van der Waals surface area contributed by atoms with Crippen LogP contribution in [0.1, 0.15) is 24.8 Å². The molecule has 6 nitrogen and oxygen atoms in total. The Balaban J connectivity index is 1.83. The lowest BCUT2D eigenvalue weighted by Crippen LogP contribution is -2.31. The molecule has 128 valence electrons. The van der Waals surface area contributed by atoms with Gasteiger partial charge in [0.25, 0.3) is 0 Å². The van der Waals surface area contributed by atoms with E-state index in [2.05, 4.69) is 39.1 Å². The van der Waals surface area contributed by atoms with Crippen LogP contribution in [-0.2, 0) is 10.3 Å². The van der Waals surface area contributed by atoms with Crippen LogP contribution in [0.2, 0.25) is 0 Å². The third-order valence-electron chi connectivity index (χ3n) is 4.70. The summed E-state index contributed by atoms with van der Waals surface area (Å²) in [6.07, 6.45) is 2.87. The zero-order chi connectivity index (χ0) is 17.0.